The Morgan fingerprint density at radius 1 is 1.41 bits per heavy atom. The second-order valence-corrected chi connectivity index (χ2v) is 4.88. The Morgan fingerprint density at radius 3 is 2.76 bits per heavy atom. The van der Waals surface area contributed by atoms with E-state index in [4.69, 9.17) is 5.11 Å². The molecular formula is C11H12FN3OS. The van der Waals surface area contributed by atoms with Gasteiger partial charge in [0.05, 0.1) is 6.04 Å². The summed E-state index contributed by atoms with van der Waals surface area (Å²) in [4.78, 5) is 0. The molecule has 0 spiro atoms. The highest BCUT2D eigenvalue weighted by atomic mass is 32.1. The van der Waals surface area contributed by atoms with Crippen LogP contribution in [0.2, 0.25) is 0 Å². The summed E-state index contributed by atoms with van der Waals surface area (Å²) >= 11 is 1.41. The molecule has 1 aromatic heterocycles. The minimum Gasteiger partial charge on any atom is -0.508 e. The van der Waals surface area contributed by atoms with Crippen molar-refractivity contribution >= 4 is 16.5 Å². The largest absolute Gasteiger partial charge is 0.508 e. The van der Waals surface area contributed by atoms with Crippen LogP contribution in [0.3, 0.4) is 0 Å². The number of phenolic OH excluding ortho intramolecular Hbond substituents is 1. The molecule has 2 rings (SSSR count). The number of halogens is 1. The number of aromatic hydroxyl groups is 1. The van der Waals surface area contributed by atoms with Crippen LogP contribution in [-0.4, -0.2) is 15.3 Å². The van der Waals surface area contributed by atoms with E-state index in [1.54, 1.807) is 6.07 Å². The summed E-state index contributed by atoms with van der Waals surface area (Å²) in [6.07, 6.45) is 0. The van der Waals surface area contributed by atoms with Crippen molar-refractivity contribution in [2.45, 2.75) is 19.9 Å². The van der Waals surface area contributed by atoms with Crippen molar-refractivity contribution in [1.82, 2.24) is 10.2 Å². The Hall–Kier alpha value is -1.69. The van der Waals surface area contributed by atoms with Gasteiger partial charge in [0, 0.05) is 11.6 Å². The average molecular weight is 253 g/mol. The molecule has 0 saturated carbocycles. The first-order valence-corrected chi connectivity index (χ1v) is 5.93. The number of aryl methyl sites for hydroxylation is 1. The van der Waals surface area contributed by atoms with Crippen LogP contribution in [0.5, 0.6) is 5.75 Å². The van der Waals surface area contributed by atoms with Crippen LogP contribution in [0.4, 0.5) is 9.52 Å². The molecule has 1 heterocycles. The summed E-state index contributed by atoms with van der Waals surface area (Å²) in [7, 11) is 0. The standard InChI is InChI=1S/C11H12FN3OS/c1-6(13-11-15-14-7(2)17-11)9-4-3-8(16)5-10(9)12/h3-6,16H,1-2H3,(H,13,15). The number of nitrogens with one attached hydrogen (secondary N) is 1. The monoisotopic (exact) mass is 253 g/mol. The van der Waals surface area contributed by atoms with Crippen molar-refractivity contribution in [2.24, 2.45) is 0 Å². The number of rotatable bonds is 3. The SMILES string of the molecule is Cc1nnc(NC(C)c2ccc(O)cc2F)s1. The van der Waals surface area contributed by atoms with Crippen molar-refractivity contribution in [2.75, 3.05) is 5.32 Å². The van der Waals surface area contributed by atoms with Crippen molar-refractivity contribution in [1.29, 1.82) is 0 Å². The van der Waals surface area contributed by atoms with E-state index >= 15 is 0 Å². The maximum Gasteiger partial charge on any atom is 0.206 e. The molecule has 0 fully saturated rings. The topological polar surface area (TPSA) is 58.0 Å². The fourth-order valence-corrected chi connectivity index (χ4v) is 2.16. The average Bonchev–Trinajstić information content (AvgIpc) is 2.63. The van der Waals surface area contributed by atoms with Crippen LogP contribution in [-0.2, 0) is 0 Å². The highest BCUT2D eigenvalue weighted by Crippen LogP contribution is 2.25. The minimum absolute atomic E-state index is 0.0785. The zero-order chi connectivity index (χ0) is 12.4. The molecule has 0 radical (unpaired) electrons. The summed E-state index contributed by atoms with van der Waals surface area (Å²) in [6, 6.07) is 3.87. The first-order valence-electron chi connectivity index (χ1n) is 5.11. The van der Waals surface area contributed by atoms with Crippen LogP contribution in [0, 0.1) is 12.7 Å². The molecule has 2 aromatic rings. The molecule has 4 nitrogen and oxygen atoms in total. The van der Waals surface area contributed by atoms with E-state index in [0.717, 1.165) is 11.1 Å². The smallest absolute Gasteiger partial charge is 0.206 e. The summed E-state index contributed by atoms with van der Waals surface area (Å²) < 4.78 is 13.6. The number of phenols is 1. The number of nitrogens with zero attached hydrogens (tertiary/aromatic N) is 2. The van der Waals surface area contributed by atoms with E-state index in [1.165, 1.54) is 17.4 Å². The fourth-order valence-electron chi connectivity index (χ4n) is 1.49. The molecule has 0 bridgehead atoms. The second kappa shape index (κ2) is 4.67. The van der Waals surface area contributed by atoms with Gasteiger partial charge in [0.1, 0.15) is 16.6 Å². The van der Waals surface area contributed by atoms with E-state index in [1.807, 2.05) is 13.8 Å². The highest BCUT2D eigenvalue weighted by Gasteiger charge is 2.13. The van der Waals surface area contributed by atoms with E-state index < -0.39 is 5.82 Å². The van der Waals surface area contributed by atoms with Crippen molar-refractivity contribution in [3.8, 4) is 5.75 Å². The van der Waals surface area contributed by atoms with Gasteiger partial charge in [-0.15, -0.1) is 10.2 Å². The molecule has 6 heteroatoms. The van der Waals surface area contributed by atoms with Crippen LogP contribution < -0.4 is 5.32 Å². The van der Waals surface area contributed by atoms with E-state index in [2.05, 4.69) is 15.5 Å². The van der Waals surface area contributed by atoms with Gasteiger partial charge in [0.15, 0.2) is 0 Å². The van der Waals surface area contributed by atoms with Gasteiger partial charge in [-0.3, -0.25) is 0 Å². The third-order valence-electron chi connectivity index (χ3n) is 2.32. The van der Waals surface area contributed by atoms with Gasteiger partial charge in [-0.25, -0.2) is 4.39 Å². The molecule has 0 aliphatic heterocycles. The molecular weight excluding hydrogens is 241 g/mol. The lowest BCUT2D eigenvalue weighted by molar-refractivity contribution is 0.467. The Kier molecular flexibility index (Phi) is 3.23. The molecule has 1 aromatic carbocycles. The Balaban J connectivity index is 2.17. The molecule has 2 N–H and O–H groups in total. The third-order valence-corrected chi connectivity index (χ3v) is 3.09. The zero-order valence-electron chi connectivity index (χ0n) is 9.44. The molecule has 1 atom stereocenters. The van der Waals surface area contributed by atoms with E-state index in [-0.39, 0.29) is 11.8 Å². The summed E-state index contributed by atoms with van der Waals surface area (Å²) in [6.45, 7) is 3.68. The minimum atomic E-state index is -0.439. The maximum atomic E-state index is 13.6. The molecule has 1 unspecified atom stereocenters. The molecule has 0 aliphatic rings. The molecule has 0 saturated heterocycles. The number of hydrogen-bond donors (Lipinski definition) is 2. The normalized spacial score (nSPS) is 12.4. The summed E-state index contributed by atoms with van der Waals surface area (Å²) in [5, 5.41) is 21.5. The fraction of sp³-hybridized carbons (Fsp3) is 0.273. The lowest BCUT2D eigenvalue weighted by atomic mass is 10.1. The number of hydrogen-bond acceptors (Lipinski definition) is 5. The van der Waals surface area contributed by atoms with Gasteiger partial charge in [-0.1, -0.05) is 17.4 Å². The van der Waals surface area contributed by atoms with Gasteiger partial charge >= 0.3 is 0 Å². The van der Waals surface area contributed by atoms with Crippen LogP contribution >= 0.6 is 11.3 Å². The molecule has 0 amide bonds. The molecule has 17 heavy (non-hydrogen) atoms. The van der Waals surface area contributed by atoms with Gasteiger partial charge in [0.25, 0.3) is 0 Å². The van der Waals surface area contributed by atoms with Crippen LogP contribution in [0.25, 0.3) is 0 Å². The highest BCUT2D eigenvalue weighted by molar-refractivity contribution is 7.15. The Bertz CT molecular complexity index is 529. The van der Waals surface area contributed by atoms with Crippen molar-refractivity contribution in [3.05, 3.63) is 34.6 Å². The first kappa shape index (κ1) is 11.8. The predicted octanol–water partition coefficient (Wildman–Crippen LogP) is 2.86. The Morgan fingerprint density at radius 2 is 2.18 bits per heavy atom. The van der Waals surface area contributed by atoms with Crippen molar-refractivity contribution in [3.63, 3.8) is 0 Å². The zero-order valence-corrected chi connectivity index (χ0v) is 10.3. The summed E-state index contributed by atoms with van der Waals surface area (Å²) in [5.74, 6) is -0.517. The van der Waals surface area contributed by atoms with Gasteiger partial charge in [-0.05, 0) is 19.9 Å². The lowest BCUT2D eigenvalue weighted by Crippen LogP contribution is -2.08. The van der Waals surface area contributed by atoms with E-state index in [0.29, 0.717) is 10.7 Å². The van der Waals surface area contributed by atoms with E-state index in [9.17, 15) is 4.39 Å². The second-order valence-electron chi connectivity index (χ2n) is 3.70. The number of anilines is 1. The quantitative estimate of drug-likeness (QED) is 0.883. The first-order chi connectivity index (χ1) is 8.06. The van der Waals surface area contributed by atoms with Gasteiger partial charge < -0.3 is 10.4 Å². The Labute approximate surface area is 102 Å². The maximum absolute atomic E-state index is 13.6. The van der Waals surface area contributed by atoms with Gasteiger partial charge in [0.2, 0.25) is 5.13 Å². The molecule has 0 aliphatic carbocycles. The van der Waals surface area contributed by atoms with Crippen LogP contribution in [0.15, 0.2) is 18.2 Å². The summed E-state index contributed by atoms with van der Waals surface area (Å²) in [5.41, 5.74) is 0.482. The number of benzene rings is 1. The lowest BCUT2D eigenvalue weighted by Gasteiger charge is -2.13. The molecule has 90 valence electrons. The number of aromatic nitrogens is 2. The van der Waals surface area contributed by atoms with Crippen molar-refractivity contribution < 1.29 is 9.50 Å². The van der Waals surface area contributed by atoms with Gasteiger partial charge in [-0.2, -0.15) is 0 Å². The predicted molar refractivity (Wildman–Crippen MR) is 64.7 cm³/mol. The van der Waals surface area contributed by atoms with Crippen LogP contribution in [0.1, 0.15) is 23.5 Å². The third kappa shape index (κ3) is 2.71.